The van der Waals surface area contributed by atoms with Gasteiger partial charge in [0.05, 0.1) is 29.2 Å². The van der Waals surface area contributed by atoms with Crippen molar-refractivity contribution in [2.24, 2.45) is 17.8 Å². The molecule has 5 rings (SSSR count). The van der Waals surface area contributed by atoms with Gasteiger partial charge in [0.25, 0.3) is 0 Å². The summed E-state index contributed by atoms with van der Waals surface area (Å²) in [6.45, 7) is 3.69. The molecular weight excluding hydrogens is 450 g/mol. The maximum atomic E-state index is 13.9. The molecule has 184 valence electrons. The summed E-state index contributed by atoms with van der Waals surface area (Å²) >= 11 is 1.67. The van der Waals surface area contributed by atoms with Gasteiger partial charge < -0.3 is 20.6 Å². The fourth-order valence-electron chi connectivity index (χ4n) is 6.90. The molecule has 34 heavy (non-hydrogen) atoms. The number of thioether (sulfide) groups is 1. The van der Waals surface area contributed by atoms with E-state index < -0.39 is 28.7 Å². The molecule has 3 aliphatic heterocycles. The van der Waals surface area contributed by atoms with Gasteiger partial charge in [0.1, 0.15) is 6.04 Å². The van der Waals surface area contributed by atoms with Crippen LogP contribution < -0.4 is 10.6 Å². The van der Waals surface area contributed by atoms with Crippen LogP contribution in [0.1, 0.15) is 52.4 Å². The number of carbonyl (C=O) groups is 3. The third kappa shape index (κ3) is 3.65. The first-order valence-corrected chi connectivity index (χ1v) is 13.5. The highest BCUT2D eigenvalue weighted by atomic mass is 32.2. The third-order valence-electron chi connectivity index (χ3n) is 8.47. The minimum absolute atomic E-state index is 0.00391. The summed E-state index contributed by atoms with van der Waals surface area (Å²) in [5.41, 5.74) is 0.708. The van der Waals surface area contributed by atoms with Crippen LogP contribution in [0.4, 0.5) is 5.69 Å². The van der Waals surface area contributed by atoms with Crippen molar-refractivity contribution in [2.45, 2.75) is 80.5 Å². The number of nitrogens with zero attached hydrogens (tertiary/aromatic N) is 1. The Morgan fingerprint density at radius 2 is 1.88 bits per heavy atom. The van der Waals surface area contributed by atoms with E-state index in [9.17, 15) is 19.5 Å². The van der Waals surface area contributed by atoms with Gasteiger partial charge in [-0.2, -0.15) is 0 Å². The summed E-state index contributed by atoms with van der Waals surface area (Å²) in [5, 5.41) is 16.3. The van der Waals surface area contributed by atoms with Crippen LogP contribution in [0.25, 0.3) is 0 Å². The predicted molar refractivity (Wildman–Crippen MR) is 132 cm³/mol. The standard InChI is InChI=1S/C26H35N3O4S/c1-15-13-19-20(23(31)27-17-9-5-3-6-10-17)21-25(33)29(16(2)14-30)22(26(15,21)34-19)24(32)28-18-11-7-4-8-12-18/h3,5-6,9-10,15-16,18-22,30H,4,7-8,11-14H2,1-2H3,(H,27,31)(H,28,32)/t15?,16-,19+,20-,21+,22?,26?/m1/s1. The first-order valence-electron chi connectivity index (χ1n) is 12.7. The van der Waals surface area contributed by atoms with Gasteiger partial charge >= 0.3 is 0 Å². The van der Waals surface area contributed by atoms with Crippen LogP contribution >= 0.6 is 11.8 Å². The van der Waals surface area contributed by atoms with Crippen molar-refractivity contribution in [1.29, 1.82) is 0 Å². The number of aliphatic hydroxyl groups is 1. The molecule has 2 bridgehead atoms. The minimum atomic E-state index is -0.673. The molecule has 4 fully saturated rings. The van der Waals surface area contributed by atoms with Gasteiger partial charge in [-0.25, -0.2) is 0 Å². The Hall–Kier alpha value is -2.06. The normalized spacial score (nSPS) is 35.8. The van der Waals surface area contributed by atoms with Gasteiger partial charge in [0.15, 0.2) is 0 Å². The molecule has 8 heteroatoms. The number of para-hydroxylation sites is 1. The first-order chi connectivity index (χ1) is 16.4. The summed E-state index contributed by atoms with van der Waals surface area (Å²) in [6.07, 6.45) is 6.14. The molecule has 0 radical (unpaired) electrons. The van der Waals surface area contributed by atoms with Crippen LogP contribution in [-0.2, 0) is 14.4 Å². The number of amides is 3. The summed E-state index contributed by atoms with van der Waals surface area (Å²) in [7, 11) is 0. The predicted octanol–water partition coefficient (Wildman–Crippen LogP) is 2.79. The Kier molecular flexibility index (Phi) is 6.40. The Balaban J connectivity index is 1.48. The Morgan fingerprint density at radius 1 is 1.18 bits per heavy atom. The Morgan fingerprint density at radius 3 is 2.56 bits per heavy atom. The van der Waals surface area contributed by atoms with Crippen molar-refractivity contribution >= 4 is 35.2 Å². The molecule has 1 aromatic rings. The molecule has 3 N–H and O–H groups in total. The smallest absolute Gasteiger partial charge is 0.244 e. The number of likely N-dealkylation sites (tertiary alicyclic amines) is 1. The van der Waals surface area contributed by atoms with E-state index in [1.807, 2.05) is 30.3 Å². The first kappa shape index (κ1) is 23.7. The maximum Gasteiger partial charge on any atom is 0.244 e. The van der Waals surface area contributed by atoms with Crippen LogP contribution in [0.5, 0.6) is 0 Å². The minimum Gasteiger partial charge on any atom is -0.394 e. The second-order valence-corrected chi connectivity index (χ2v) is 12.1. The zero-order valence-corrected chi connectivity index (χ0v) is 20.7. The van der Waals surface area contributed by atoms with E-state index >= 15 is 0 Å². The van der Waals surface area contributed by atoms with E-state index in [2.05, 4.69) is 17.6 Å². The van der Waals surface area contributed by atoms with Gasteiger partial charge in [-0.05, 0) is 44.2 Å². The molecule has 3 heterocycles. The molecule has 7 nitrogen and oxygen atoms in total. The second-order valence-electron chi connectivity index (χ2n) is 10.5. The highest BCUT2D eigenvalue weighted by molar-refractivity contribution is 8.02. The Bertz CT molecular complexity index is 953. The number of nitrogens with one attached hydrogen (secondary N) is 2. The molecule has 7 atom stereocenters. The number of benzene rings is 1. The lowest BCUT2D eigenvalue weighted by Crippen LogP contribution is -2.59. The van der Waals surface area contributed by atoms with Gasteiger partial charge in [-0.3, -0.25) is 14.4 Å². The van der Waals surface area contributed by atoms with Crippen molar-refractivity contribution in [2.75, 3.05) is 11.9 Å². The van der Waals surface area contributed by atoms with E-state index in [0.717, 1.165) is 32.1 Å². The summed E-state index contributed by atoms with van der Waals surface area (Å²) in [5.74, 6) is -1.37. The lowest BCUT2D eigenvalue weighted by Gasteiger charge is -2.40. The highest BCUT2D eigenvalue weighted by Crippen LogP contribution is 2.68. The van der Waals surface area contributed by atoms with E-state index in [4.69, 9.17) is 0 Å². The van der Waals surface area contributed by atoms with Gasteiger partial charge in [-0.15, -0.1) is 11.8 Å². The fourth-order valence-corrected chi connectivity index (χ4v) is 9.30. The van der Waals surface area contributed by atoms with Crippen molar-refractivity contribution in [1.82, 2.24) is 10.2 Å². The largest absolute Gasteiger partial charge is 0.394 e. The van der Waals surface area contributed by atoms with Crippen LogP contribution in [0.15, 0.2) is 30.3 Å². The molecule has 3 saturated heterocycles. The molecule has 3 unspecified atom stereocenters. The van der Waals surface area contributed by atoms with E-state index in [0.29, 0.717) is 5.69 Å². The number of rotatable bonds is 6. The van der Waals surface area contributed by atoms with Gasteiger partial charge in [-0.1, -0.05) is 44.4 Å². The fraction of sp³-hybridized carbons (Fsp3) is 0.654. The van der Waals surface area contributed by atoms with Crippen LogP contribution in [0.2, 0.25) is 0 Å². The monoisotopic (exact) mass is 485 g/mol. The summed E-state index contributed by atoms with van der Waals surface area (Å²) < 4.78 is -0.650. The van der Waals surface area contributed by atoms with E-state index in [1.54, 1.807) is 23.6 Å². The molecule has 3 amide bonds. The number of aliphatic hydroxyl groups excluding tert-OH is 1. The average Bonchev–Trinajstić information content (AvgIpc) is 3.43. The number of fused-ring (bicyclic) bond motifs is 1. The quantitative estimate of drug-likeness (QED) is 0.576. The van der Waals surface area contributed by atoms with Crippen molar-refractivity contribution in [3.05, 3.63) is 30.3 Å². The molecule has 1 aromatic carbocycles. The number of carbonyl (C=O) groups excluding carboxylic acids is 3. The molecule has 1 aliphatic carbocycles. The zero-order chi connectivity index (χ0) is 24.0. The number of hydrogen-bond donors (Lipinski definition) is 3. The van der Waals surface area contributed by atoms with Crippen LogP contribution in [0, 0.1) is 17.8 Å². The average molecular weight is 486 g/mol. The maximum absolute atomic E-state index is 13.9. The molecule has 4 aliphatic rings. The zero-order valence-electron chi connectivity index (χ0n) is 19.9. The topological polar surface area (TPSA) is 98.7 Å². The summed E-state index contributed by atoms with van der Waals surface area (Å²) in [4.78, 5) is 42.9. The Labute approximate surface area is 205 Å². The van der Waals surface area contributed by atoms with Crippen molar-refractivity contribution in [3.63, 3.8) is 0 Å². The van der Waals surface area contributed by atoms with Gasteiger partial charge in [0, 0.05) is 17.0 Å². The molecular formula is C26H35N3O4S. The third-order valence-corrected chi connectivity index (χ3v) is 10.5. The molecule has 0 aromatic heterocycles. The number of hydrogen-bond acceptors (Lipinski definition) is 5. The SMILES string of the molecule is CC1C[C@@H]2SC13C(C(=O)NC1CCCCC1)N([C@H](C)CO)C(=O)[C@@H]3[C@@H]2C(=O)Nc1ccccc1. The molecule has 1 saturated carbocycles. The highest BCUT2D eigenvalue weighted by Gasteiger charge is 2.76. The van der Waals surface area contributed by atoms with E-state index in [1.165, 1.54) is 6.42 Å². The number of anilines is 1. The second kappa shape index (κ2) is 9.19. The molecule has 1 spiro atoms. The summed E-state index contributed by atoms with van der Waals surface area (Å²) in [6, 6.07) is 8.28. The van der Waals surface area contributed by atoms with Crippen LogP contribution in [-0.4, -0.2) is 62.5 Å². The van der Waals surface area contributed by atoms with Crippen molar-refractivity contribution in [3.8, 4) is 0 Å². The lowest BCUT2D eigenvalue weighted by molar-refractivity contribution is -0.141. The lowest BCUT2D eigenvalue weighted by atomic mass is 9.65. The van der Waals surface area contributed by atoms with E-state index in [-0.39, 0.29) is 41.5 Å². The van der Waals surface area contributed by atoms with Crippen molar-refractivity contribution < 1.29 is 19.5 Å². The van der Waals surface area contributed by atoms with Gasteiger partial charge in [0.2, 0.25) is 17.7 Å². The van der Waals surface area contributed by atoms with Crippen LogP contribution in [0.3, 0.4) is 0 Å².